The van der Waals surface area contributed by atoms with Crippen molar-refractivity contribution < 1.29 is 8.78 Å². The van der Waals surface area contributed by atoms with Crippen molar-refractivity contribution in [1.82, 2.24) is 5.32 Å². The van der Waals surface area contributed by atoms with Gasteiger partial charge in [-0.05, 0) is 43.4 Å². The third-order valence-electron chi connectivity index (χ3n) is 3.02. The van der Waals surface area contributed by atoms with E-state index in [9.17, 15) is 8.78 Å². The summed E-state index contributed by atoms with van der Waals surface area (Å²) in [5.41, 5.74) is 2.17. The van der Waals surface area contributed by atoms with Gasteiger partial charge in [0.2, 0.25) is 0 Å². The van der Waals surface area contributed by atoms with E-state index in [1.807, 2.05) is 18.0 Å². The fourth-order valence-electron chi connectivity index (χ4n) is 2.02. The Balaban J connectivity index is 2.40. The number of hydrogen-bond donors (Lipinski definition) is 1. The fraction of sp³-hybridized carbons (Fsp3) is 0.200. The molecule has 0 bridgehead atoms. The van der Waals surface area contributed by atoms with Crippen LogP contribution >= 0.6 is 0 Å². The van der Waals surface area contributed by atoms with Gasteiger partial charge in [0.05, 0.1) is 0 Å². The largest absolute Gasteiger partial charge is 0.344 e. The maximum atomic E-state index is 13.9. The molecule has 4 heteroatoms. The van der Waals surface area contributed by atoms with Gasteiger partial charge >= 0.3 is 0 Å². The van der Waals surface area contributed by atoms with Crippen molar-refractivity contribution in [1.29, 1.82) is 0 Å². The lowest BCUT2D eigenvalue weighted by Crippen LogP contribution is -2.16. The van der Waals surface area contributed by atoms with Crippen LogP contribution in [0.5, 0.6) is 0 Å². The highest BCUT2D eigenvalue weighted by Gasteiger charge is 2.12. The molecule has 2 aromatic rings. The number of halogens is 2. The molecule has 19 heavy (non-hydrogen) atoms. The second kappa shape index (κ2) is 5.80. The summed E-state index contributed by atoms with van der Waals surface area (Å²) < 4.78 is 26.8. The first-order valence-electron chi connectivity index (χ1n) is 6.04. The predicted octanol–water partition coefficient (Wildman–Crippen LogP) is 3.45. The first-order chi connectivity index (χ1) is 9.13. The van der Waals surface area contributed by atoms with Crippen LogP contribution in [0, 0.1) is 11.6 Å². The van der Waals surface area contributed by atoms with Gasteiger partial charge in [0.25, 0.3) is 0 Å². The van der Waals surface area contributed by atoms with Gasteiger partial charge in [-0.25, -0.2) is 8.78 Å². The molecule has 0 aliphatic rings. The van der Waals surface area contributed by atoms with E-state index in [4.69, 9.17) is 0 Å². The number of nitrogens with zero attached hydrogens (tertiary/aromatic N) is 1. The molecule has 100 valence electrons. The monoisotopic (exact) mass is 262 g/mol. The molecule has 2 nitrogen and oxygen atoms in total. The van der Waals surface area contributed by atoms with E-state index in [2.05, 4.69) is 5.32 Å². The van der Waals surface area contributed by atoms with E-state index in [0.717, 1.165) is 11.4 Å². The van der Waals surface area contributed by atoms with Crippen LogP contribution in [0.4, 0.5) is 20.2 Å². The zero-order chi connectivity index (χ0) is 13.8. The molecule has 0 saturated heterocycles. The van der Waals surface area contributed by atoms with Gasteiger partial charge in [-0.15, -0.1) is 0 Å². The number of nitrogens with one attached hydrogen (secondary N) is 1. The quantitative estimate of drug-likeness (QED) is 0.907. The van der Waals surface area contributed by atoms with Gasteiger partial charge in [-0.2, -0.15) is 0 Å². The Kier molecular flexibility index (Phi) is 4.12. The third kappa shape index (κ3) is 2.90. The highest BCUT2D eigenvalue weighted by atomic mass is 19.1. The average Bonchev–Trinajstić information content (AvgIpc) is 2.41. The highest BCUT2D eigenvalue weighted by Crippen LogP contribution is 2.28. The van der Waals surface area contributed by atoms with Crippen molar-refractivity contribution >= 4 is 11.4 Å². The Bertz CT molecular complexity index is 553. The standard InChI is InChI=1S/C15H16F2N2/c1-18-10-13-14(17)4-3-5-15(13)19(2)12-8-6-11(16)7-9-12/h3-9,18H,10H2,1-2H3. The topological polar surface area (TPSA) is 15.3 Å². The molecule has 0 spiro atoms. The molecule has 0 heterocycles. The molecule has 0 saturated carbocycles. The van der Waals surface area contributed by atoms with E-state index < -0.39 is 0 Å². The summed E-state index contributed by atoms with van der Waals surface area (Å²) >= 11 is 0. The molecule has 0 unspecified atom stereocenters. The van der Waals surface area contributed by atoms with E-state index in [1.54, 1.807) is 25.2 Å². The molecule has 0 amide bonds. The van der Waals surface area contributed by atoms with Gasteiger partial charge in [-0.3, -0.25) is 0 Å². The molecule has 0 aliphatic carbocycles. The summed E-state index contributed by atoms with van der Waals surface area (Å²) in [6, 6.07) is 11.1. The van der Waals surface area contributed by atoms with Gasteiger partial charge in [0.1, 0.15) is 11.6 Å². The lowest BCUT2D eigenvalue weighted by Gasteiger charge is -2.23. The predicted molar refractivity (Wildman–Crippen MR) is 73.6 cm³/mol. The molecule has 0 fully saturated rings. The zero-order valence-electron chi connectivity index (χ0n) is 11.0. The third-order valence-corrected chi connectivity index (χ3v) is 3.02. The Morgan fingerprint density at radius 1 is 1.05 bits per heavy atom. The Morgan fingerprint density at radius 2 is 1.74 bits per heavy atom. The van der Waals surface area contributed by atoms with E-state index in [-0.39, 0.29) is 11.6 Å². The van der Waals surface area contributed by atoms with E-state index in [1.165, 1.54) is 18.2 Å². The number of anilines is 2. The van der Waals surface area contributed by atoms with Gasteiger partial charge in [-0.1, -0.05) is 6.07 Å². The second-order valence-electron chi connectivity index (χ2n) is 4.30. The van der Waals surface area contributed by atoms with Crippen molar-refractivity contribution in [2.24, 2.45) is 0 Å². The first kappa shape index (κ1) is 13.5. The zero-order valence-corrected chi connectivity index (χ0v) is 11.0. The summed E-state index contributed by atoms with van der Waals surface area (Å²) in [5, 5.41) is 2.95. The fourth-order valence-corrected chi connectivity index (χ4v) is 2.02. The van der Waals surface area contributed by atoms with Crippen molar-refractivity contribution in [3.05, 3.63) is 59.7 Å². The summed E-state index contributed by atoms with van der Waals surface area (Å²) in [4.78, 5) is 1.84. The summed E-state index contributed by atoms with van der Waals surface area (Å²) in [6.45, 7) is 0.438. The Morgan fingerprint density at radius 3 is 2.37 bits per heavy atom. The van der Waals surface area contributed by atoms with Gasteiger partial charge in [0, 0.05) is 30.5 Å². The maximum absolute atomic E-state index is 13.9. The highest BCUT2D eigenvalue weighted by molar-refractivity contribution is 5.65. The minimum absolute atomic E-state index is 0.249. The molecule has 2 rings (SSSR count). The van der Waals surface area contributed by atoms with Crippen LogP contribution in [0.1, 0.15) is 5.56 Å². The Hall–Kier alpha value is -1.94. The van der Waals surface area contributed by atoms with E-state index in [0.29, 0.717) is 12.1 Å². The number of rotatable bonds is 4. The van der Waals surface area contributed by atoms with Gasteiger partial charge < -0.3 is 10.2 Å². The van der Waals surface area contributed by atoms with Crippen LogP contribution in [0.15, 0.2) is 42.5 Å². The van der Waals surface area contributed by atoms with Crippen molar-refractivity contribution in [2.45, 2.75) is 6.54 Å². The molecular weight excluding hydrogens is 246 g/mol. The van der Waals surface area contributed by atoms with Crippen LogP contribution in [-0.4, -0.2) is 14.1 Å². The lowest BCUT2D eigenvalue weighted by molar-refractivity contribution is 0.601. The van der Waals surface area contributed by atoms with Crippen LogP contribution in [-0.2, 0) is 6.54 Å². The van der Waals surface area contributed by atoms with Crippen LogP contribution in [0.25, 0.3) is 0 Å². The first-order valence-corrected chi connectivity index (χ1v) is 6.04. The van der Waals surface area contributed by atoms with Crippen LogP contribution in [0.2, 0.25) is 0 Å². The minimum Gasteiger partial charge on any atom is -0.344 e. The number of hydrogen-bond acceptors (Lipinski definition) is 2. The van der Waals surface area contributed by atoms with Crippen LogP contribution in [0.3, 0.4) is 0 Å². The molecule has 1 N–H and O–H groups in total. The van der Waals surface area contributed by atoms with E-state index >= 15 is 0 Å². The molecule has 0 radical (unpaired) electrons. The SMILES string of the molecule is CNCc1c(F)cccc1N(C)c1ccc(F)cc1. The smallest absolute Gasteiger partial charge is 0.129 e. The van der Waals surface area contributed by atoms with Crippen molar-refractivity contribution in [3.63, 3.8) is 0 Å². The summed E-state index contributed by atoms with van der Waals surface area (Å²) in [6.07, 6.45) is 0. The second-order valence-corrected chi connectivity index (χ2v) is 4.30. The molecule has 0 aliphatic heterocycles. The molecular formula is C15H16F2N2. The van der Waals surface area contributed by atoms with Crippen molar-refractivity contribution in [3.8, 4) is 0 Å². The molecule has 0 atom stereocenters. The lowest BCUT2D eigenvalue weighted by atomic mass is 10.1. The molecule has 0 aromatic heterocycles. The molecule has 2 aromatic carbocycles. The number of benzene rings is 2. The average molecular weight is 262 g/mol. The Labute approximate surface area is 111 Å². The summed E-state index contributed by atoms with van der Waals surface area (Å²) in [5.74, 6) is -0.535. The maximum Gasteiger partial charge on any atom is 0.129 e. The van der Waals surface area contributed by atoms with Gasteiger partial charge in [0.15, 0.2) is 0 Å². The normalized spacial score (nSPS) is 10.5. The van der Waals surface area contributed by atoms with Crippen LogP contribution < -0.4 is 10.2 Å². The minimum atomic E-state index is -0.285. The van der Waals surface area contributed by atoms with Crippen molar-refractivity contribution in [2.75, 3.05) is 19.0 Å². The summed E-state index contributed by atoms with van der Waals surface area (Å²) in [7, 11) is 3.61.